The van der Waals surface area contributed by atoms with Gasteiger partial charge < -0.3 is 5.32 Å². The highest BCUT2D eigenvalue weighted by Crippen LogP contribution is 2.40. The number of carbonyl (C=O) groups is 2. The molecule has 0 heterocycles. The molecular weight excluding hydrogens is 214 g/mol. The molecule has 1 aliphatic carbocycles. The molecule has 0 radical (unpaired) electrons. The van der Waals surface area contributed by atoms with E-state index in [9.17, 15) is 9.59 Å². The molecule has 0 saturated heterocycles. The molecule has 0 aromatic heterocycles. The van der Waals surface area contributed by atoms with Gasteiger partial charge in [-0.15, -0.1) is 0 Å². The van der Waals surface area contributed by atoms with Crippen LogP contribution in [0.15, 0.2) is 30.3 Å². The summed E-state index contributed by atoms with van der Waals surface area (Å²) in [6.45, 7) is 1.44. The maximum absolute atomic E-state index is 11.6. The second kappa shape index (κ2) is 5.13. The Morgan fingerprint density at radius 3 is 2.47 bits per heavy atom. The number of hydrogen-bond acceptors (Lipinski definition) is 2. The van der Waals surface area contributed by atoms with Crippen LogP contribution in [0.3, 0.4) is 0 Å². The monoisotopic (exact) mass is 231 g/mol. The smallest absolute Gasteiger partial charge is 0.227 e. The van der Waals surface area contributed by atoms with Gasteiger partial charge in [0.2, 0.25) is 5.91 Å². The SMILES string of the molecule is CC(=O)CC(=O)NC(c1ccccc1)C1CC1. The van der Waals surface area contributed by atoms with E-state index in [2.05, 4.69) is 5.32 Å². The highest BCUT2D eigenvalue weighted by molar-refractivity contribution is 5.96. The largest absolute Gasteiger partial charge is 0.349 e. The first-order chi connectivity index (χ1) is 8.16. The maximum Gasteiger partial charge on any atom is 0.227 e. The molecule has 17 heavy (non-hydrogen) atoms. The van der Waals surface area contributed by atoms with E-state index in [1.54, 1.807) is 0 Å². The number of nitrogens with one attached hydrogen (secondary N) is 1. The molecule has 2 rings (SSSR count). The third-order valence-electron chi connectivity index (χ3n) is 2.98. The molecule has 1 N–H and O–H groups in total. The molecule has 3 heteroatoms. The highest BCUT2D eigenvalue weighted by Gasteiger charge is 2.33. The van der Waals surface area contributed by atoms with Crippen molar-refractivity contribution in [3.8, 4) is 0 Å². The molecule has 1 aromatic carbocycles. The maximum atomic E-state index is 11.6. The molecule has 90 valence electrons. The summed E-state index contributed by atoms with van der Waals surface area (Å²) in [5.74, 6) is 0.275. The molecule has 1 aromatic rings. The van der Waals surface area contributed by atoms with Gasteiger partial charge in [-0.3, -0.25) is 9.59 Å². The third-order valence-corrected chi connectivity index (χ3v) is 2.98. The van der Waals surface area contributed by atoms with Gasteiger partial charge in [0, 0.05) is 0 Å². The summed E-state index contributed by atoms with van der Waals surface area (Å²) < 4.78 is 0. The molecule has 0 aliphatic heterocycles. The summed E-state index contributed by atoms with van der Waals surface area (Å²) in [4.78, 5) is 22.5. The number of rotatable bonds is 5. The molecule has 1 fully saturated rings. The number of Topliss-reactive ketones (excluding diaryl/α,β-unsaturated/α-hetero) is 1. The van der Waals surface area contributed by atoms with Gasteiger partial charge in [-0.1, -0.05) is 30.3 Å². The summed E-state index contributed by atoms with van der Waals surface area (Å²) in [5, 5.41) is 2.97. The number of amides is 1. The molecule has 1 atom stereocenters. The van der Waals surface area contributed by atoms with Crippen molar-refractivity contribution in [2.24, 2.45) is 5.92 Å². The van der Waals surface area contributed by atoms with Crippen molar-refractivity contribution in [3.05, 3.63) is 35.9 Å². The van der Waals surface area contributed by atoms with Crippen molar-refractivity contribution in [1.82, 2.24) is 5.32 Å². The Morgan fingerprint density at radius 1 is 1.29 bits per heavy atom. The van der Waals surface area contributed by atoms with Gasteiger partial charge in [-0.25, -0.2) is 0 Å². The second-order valence-corrected chi connectivity index (χ2v) is 4.67. The summed E-state index contributed by atoms with van der Waals surface area (Å²) in [6, 6.07) is 10.0. The molecule has 1 aliphatic rings. The minimum atomic E-state index is -0.168. The Bertz CT molecular complexity index is 409. The Hall–Kier alpha value is -1.64. The lowest BCUT2D eigenvalue weighted by Crippen LogP contribution is -2.30. The minimum absolute atomic E-state index is 0.0178. The van der Waals surface area contributed by atoms with E-state index in [-0.39, 0.29) is 24.2 Å². The topological polar surface area (TPSA) is 46.2 Å². The third kappa shape index (κ3) is 3.41. The summed E-state index contributed by atoms with van der Waals surface area (Å²) in [6.07, 6.45) is 2.29. The normalized spacial score (nSPS) is 16.3. The minimum Gasteiger partial charge on any atom is -0.349 e. The molecule has 0 bridgehead atoms. The van der Waals surface area contributed by atoms with E-state index in [0.717, 1.165) is 18.4 Å². The van der Waals surface area contributed by atoms with Gasteiger partial charge in [-0.05, 0) is 31.2 Å². The fourth-order valence-electron chi connectivity index (χ4n) is 2.01. The molecule has 1 amide bonds. The van der Waals surface area contributed by atoms with Crippen LogP contribution in [0.2, 0.25) is 0 Å². The van der Waals surface area contributed by atoms with E-state index in [4.69, 9.17) is 0 Å². The van der Waals surface area contributed by atoms with Crippen LogP contribution in [-0.4, -0.2) is 11.7 Å². The van der Waals surface area contributed by atoms with E-state index in [1.807, 2.05) is 30.3 Å². The van der Waals surface area contributed by atoms with Gasteiger partial charge in [0.25, 0.3) is 0 Å². The summed E-state index contributed by atoms with van der Waals surface area (Å²) in [7, 11) is 0. The van der Waals surface area contributed by atoms with E-state index < -0.39 is 0 Å². The van der Waals surface area contributed by atoms with E-state index in [1.165, 1.54) is 6.92 Å². The molecule has 1 unspecified atom stereocenters. The quantitative estimate of drug-likeness (QED) is 0.790. The average molecular weight is 231 g/mol. The Labute approximate surface area is 101 Å². The van der Waals surface area contributed by atoms with Crippen LogP contribution in [0.5, 0.6) is 0 Å². The van der Waals surface area contributed by atoms with Gasteiger partial charge in [0.05, 0.1) is 12.5 Å². The van der Waals surface area contributed by atoms with Crippen molar-refractivity contribution >= 4 is 11.7 Å². The summed E-state index contributed by atoms with van der Waals surface area (Å²) >= 11 is 0. The van der Waals surface area contributed by atoms with Crippen molar-refractivity contribution in [2.75, 3.05) is 0 Å². The van der Waals surface area contributed by atoms with Crippen LogP contribution in [-0.2, 0) is 9.59 Å². The van der Waals surface area contributed by atoms with Crippen molar-refractivity contribution in [2.45, 2.75) is 32.2 Å². The van der Waals surface area contributed by atoms with E-state index in [0.29, 0.717) is 5.92 Å². The first-order valence-electron chi connectivity index (χ1n) is 6.00. The highest BCUT2D eigenvalue weighted by atomic mass is 16.2. The lowest BCUT2D eigenvalue weighted by molar-refractivity contribution is -0.127. The second-order valence-electron chi connectivity index (χ2n) is 4.67. The van der Waals surface area contributed by atoms with E-state index >= 15 is 0 Å². The Balaban J connectivity index is 2.03. The Morgan fingerprint density at radius 2 is 1.94 bits per heavy atom. The van der Waals surface area contributed by atoms with Crippen molar-refractivity contribution in [1.29, 1.82) is 0 Å². The van der Waals surface area contributed by atoms with Crippen molar-refractivity contribution < 1.29 is 9.59 Å². The van der Waals surface area contributed by atoms with Gasteiger partial charge in [0.1, 0.15) is 5.78 Å². The molecular formula is C14H17NO2. The van der Waals surface area contributed by atoms with Crippen LogP contribution in [0.25, 0.3) is 0 Å². The fourth-order valence-corrected chi connectivity index (χ4v) is 2.01. The van der Waals surface area contributed by atoms with Gasteiger partial charge in [-0.2, -0.15) is 0 Å². The first-order valence-corrected chi connectivity index (χ1v) is 6.00. The number of hydrogen-bond donors (Lipinski definition) is 1. The number of carbonyl (C=O) groups excluding carboxylic acids is 2. The molecule has 1 saturated carbocycles. The molecule has 0 spiro atoms. The summed E-state index contributed by atoms with van der Waals surface area (Å²) in [5.41, 5.74) is 1.13. The predicted molar refractivity (Wildman–Crippen MR) is 65.3 cm³/mol. The standard InChI is InChI=1S/C14H17NO2/c1-10(16)9-13(17)15-14(12-7-8-12)11-5-3-2-4-6-11/h2-6,12,14H,7-9H2,1H3,(H,15,17). The lowest BCUT2D eigenvalue weighted by atomic mass is 10.0. The zero-order valence-electron chi connectivity index (χ0n) is 9.98. The van der Waals surface area contributed by atoms with Crippen LogP contribution < -0.4 is 5.32 Å². The van der Waals surface area contributed by atoms with Crippen LogP contribution >= 0.6 is 0 Å². The van der Waals surface area contributed by atoms with Crippen LogP contribution in [0, 0.1) is 5.92 Å². The average Bonchev–Trinajstić information content (AvgIpc) is 3.10. The predicted octanol–water partition coefficient (Wildman–Crippen LogP) is 2.23. The zero-order valence-corrected chi connectivity index (χ0v) is 9.98. The number of benzene rings is 1. The van der Waals surface area contributed by atoms with Gasteiger partial charge >= 0.3 is 0 Å². The Kier molecular flexibility index (Phi) is 3.57. The van der Waals surface area contributed by atoms with Crippen molar-refractivity contribution in [3.63, 3.8) is 0 Å². The lowest BCUT2D eigenvalue weighted by Gasteiger charge is -2.18. The van der Waals surface area contributed by atoms with Gasteiger partial charge in [0.15, 0.2) is 0 Å². The fraction of sp³-hybridized carbons (Fsp3) is 0.429. The zero-order chi connectivity index (χ0) is 12.3. The van der Waals surface area contributed by atoms with Crippen LogP contribution in [0.4, 0.5) is 0 Å². The number of ketones is 1. The first kappa shape index (κ1) is 11.8. The van der Waals surface area contributed by atoms with Crippen LogP contribution in [0.1, 0.15) is 37.8 Å². The molecule has 3 nitrogen and oxygen atoms in total.